The standard InChI is InChI=1S/C31H42F2O9/c1-6-8-12-40-27(38)42-31(25(36)17-41-26(37)39-11-7-2)18(3)13-20-21-15-23(32)22-14-19(34)9-10-28(22,4)30(21,33)24(35)16-29(20,31)5/h9-10,14,18,20-21,23-24,35H,6-8,11-13,15-17H2,1-5H3/t18-,20+,21+,23+,24+,28+,29+,30+,31+/m1/s1. The van der Waals surface area contributed by atoms with E-state index in [1.807, 2.05) is 6.92 Å². The number of aliphatic hydroxyl groups is 1. The average molecular weight is 597 g/mol. The average Bonchev–Trinajstić information content (AvgIpc) is 3.15. The van der Waals surface area contributed by atoms with Crippen molar-refractivity contribution in [2.24, 2.45) is 28.6 Å². The summed E-state index contributed by atoms with van der Waals surface area (Å²) >= 11 is 0. The molecule has 0 spiro atoms. The summed E-state index contributed by atoms with van der Waals surface area (Å²) in [5, 5.41) is 11.6. The minimum atomic E-state index is -2.37. The van der Waals surface area contributed by atoms with E-state index in [-0.39, 0.29) is 38.0 Å². The molecule has 0 aromatic carbocycles. The van der Waals surface area contributed by atoms with Gasteiger partial charge >= 0.3 is 12.3 Å². The molecule has 3 fully saturated rings. The number of halogens is 2. The molecule has 4 rings (SSSR count). The molecule has 0 heterocycles. The van der Waals surface area contributed by atoms with E-state index in [1.165, 1.54) is 19.1 Å². The predicted molar refractivity (Wildman–Crippen MR) is 146 cm³/mol. The van der Waals surface area contributed by atoms with Gasteiger partial charge in [-0.05, 0) is 62.7 Å². The van der Waals surface area contributed by atoms with Crippen molar-refractivity contribution in [1.29, 1.82) is 0 Å². The molecule has 0 radical (unpaired) electrons. The third-order valence-corrected chi connectivity index (χ3v) is 10.3. The Kier molecular flexibility index (Phi) is 8.94. The number of alkyl halides is 2. The van der Waals surface area contributed by atoms with Crippen molar-refractivity contribution in [3.8, 4) is 0 Å². The largest absolute Gasteiger partial charge is 0.509 e. The molecule has 9 nitrogen and oxygen atoms in total. The summed E-state index contributed by atoms with van der Waals surface area (Å²) in [6.45, 7) is 7.84. The summed E-state index contributed by atoms with van der Waals surface area (Å²) in [6.07, 6.45) is -0.546. The smallest absolute Gasteiger partial charge is 0.434 e. The van der Waals surface area contributed by atoms with Crippen molar-refractivity contribution in [1.82, 2.24) is 0 Å². The number of allylic oxidation sites excluding steroid dienone is 4. The fourth-order valence-corrected chi connectivity index (χ4v) is 8.31. The Labute approximate surface area is 245 Å². The van der Waals surface area contributed by atoms with Crippen LogP contribution in [0.25, 0.3) is 0 Å². The van der Waals surface area contributed by atoms with Gasteiger partial charge in [0.05, 0.1) is 19.3 Å². The number of hydrogen-bond acceptors (Lipinski definition) is 9. The number of unbranched alkanes of at least 4 members (excludes halogenated alkanes) is 1. The molecule has 3 saturated carbocycles. The van der Waals surface area contributed by atoms with Crippen molar-refractivity contribution in [3.05, 3.63) is 23.8 Å². The molecule has 0 aromatic heterocycles. The normalized spacial score (nSPS) is 40.2. The lowest BCUT2D eigenvalue weighted by molar-refractivity contribution is -0.226. The molecule has 4 aliphatic rings. The van der Waals surface area contributed by atoms with Crippen LogP contribution in [0.1, 0.15) is 73.1 Å². The molecule has 234 valence electrons. The maximum absolute atomic E-state index is 17.5. The Morgan fingerprint density at radius 1 is 1.02 bits per heavy atom. The number of aliphatic hydroxyl groups excluding tert-OH is 1. The highest BCUT2D eigenvalue weighted by molar-refractivity contribution is 6.01. The summed E-state index contributed by atoms with van der Waals surface area (Å²) < 4.78 is 54.5. The first kappa shape index (κ1) is 32.1. The Morgan fingerprint density at radius 3 is 2.38 bits per heavy atom. The molecule has 9 atom stereocenters. The van der Waals surface area contributed by atoms with Crippen LogP contribution >= 0.6 is 0 Å². The van der Waals surface area contributed by atoms with Crippen LogP contribution in [0.4, 0.5) is 18.4 Å². The maximum atomic E-state index is 17.5. The van der Waals surface area contributed by atoms with Crippen LogP contribution in [0.15, 0.2) is 23.8 Å². The first-order chi connectivity index (χ1) is 19.7. The molecule has 0 bridgehead atoms. The topological polar surface area (TPSA) is 125 Å². The first-order valence-corrected chi connectivity index (χ1v) is 14.9. The van der Waals surface area contributed by atoms with Crippen LogP contribution in [0.2, 0.25) is 0 Å². The Balaban J connectivity index is 1.75. The van der Waals surface area contributed by atoms with Gasteiger partial charge in [-0.3, -0.25) is 9.59 Å². The molecule has 0 aliphatic heterocycles. The molecule has 0 unspecified atom stereocenters. The van der Waals surface area contributed by atoms with E-state index in [2.05, 4.69) is 0 Å². The van der Waals surface area contributed by atoms with Gasteiger partial charge in [-0.1, -0.05) is 40.2 Å². The highest BCUT2D eigenvalue weighted by Gasteiger charge is 2.78. The maximum Gasteiger partial charge on any atom is 0.509 e. The molecule has 11 heteroatoms. The number of hydrogen-bond donors (Lipinski definition) is 1. The first-order valence-electron chi connectivity index (χ1n) is 14.9. The van der Waals surface area contributed by atoms with Gasteiger partial charge in [-0.2, -0.15) is 0 Å². The second-order valence-electron chi connectivity index (χ2n) is 12.6. The third-order valence-electron chi connectivity index (χ3n) is 10.3. The monoisotopic (exact) mass is 596 g/mol. The summed E-state index contributed by atoms with van der Waals surface area (Å²) in [7, 11) is 0. The lowest BCUT2D eigenvalue weighted by Crippen LogP contribution is -2.71. The van der Waals surface area contributed by atoms with Crippen LogP contribution < -0.4 is 0 Å². The summed E-state index contributed by atoms with van der Waals surface area (Å²) in [4.78, 5) is 51.2. The van der Waals surface area contributed by atoms with E-state index in [1.54, 1.807) is 20.8 Å². The van der Waals surface area contributed by atoms with Crippen LogP contribution in [0.3, 0.4) is 0 Å². The van der Waals surface area contributed by atoms with Gasteiger partial charge in [0.2, 0.25) is 5.78 Å². The molecule has 0 amide bonds. The number of carbonyl (C=O) groups is 4. The number of ether oxygens (including phenoxy) is 4. The van der Waals surface area contributed by atoms with Crippen LogP contribution in [0, 0.1) is 28.6 Å². The van der Waals surface area contributed by atoms with Gasteiger partial charge in [0.15, 0.2) is 23.7 Å². The van der Waals surface area contributed by atoms with E-state index in [9.17, 15) is 24.3 Å². The number of Topliss-reactive ketones (excluding diaryl/α,β-unsaturated/α-hetero) is 1. The SMILES string of the molecule is CCCCOC(=O)O[C@]1(C(=O)COC(=O)OCCC)[C@H](C)C[C@H]2[C@@H]3C[C@H](F)C4=CC(=O)C=C[C@]4(C)[C@@]3(F)[C@@H](O)C[C@@]21C. The minimum absolute atomic E-state index is 0.0143. The highest BCUT2D eigenvalue weighted by Crippen LogP contribution is 2.71. The fraction of sp³-hybridized carbons (Fsp3) is 0.742. The van der Waals surface area contributed by atoms with E-state index < -0.39 is 82.6 Å². The van der Waals surface area contributed by atoms with Gasteiger partial charge in [0.1, 0.15) is 6.17 Å². The van der Waals surface area contributed by atoms with Gasteiger partial charge in [0, 0.05) is 22.7 Å². The van der Waals surface area contributed by atoms with Crippen molar-refractivity contribution in [2.45, 2.75) is 96.7 Å². The molecule has 1 N–H and O–H groups in total. The molecule has 0 saturated heterocycles. The zero-order valence-corrected chi connectivity index (χ0v) is 25.0. The van der Waals surface area contributed by atoms with Crippen LogP contribution in [-0.2, 0) is 28.5 Å². The van der Waals surface area contributed by atoms with E-state index in [4.69, 9.17) is 18.9 Å². The van der Waals surface area contributed by atoms with Crippen molar-refractivity contribution >= 4 is 23.9 Å². The number of carbonyl (C=O) groups excluding carboxylic acids is 4. The van der Waals surface area contributed by atoms with Crippen molar-refractivity contribution in [2.75, 3.05) is 19.8 Å². The summed E-state index contributed by atoms with van der Waals surface area (Å²) in [6, 6.07) is 0. The Hall–Kier alpha value is -2.82. The van der Waals surface area contributed by atoms with Gasteiger partial charge in [-0.25, -0.2) is 18.4 Å². The lowest BCUT2D eigenvalue weighted by Gasteiger charge is -2.63. The predicted octanol–water partition coefficient (Wildman–Crippen LogP) is 5.38. The zero-order chi connectivity index (χ0) is 31.1. The zero-order valence-electron chi connectivity index (χ0n) is 25.0. The molecule has 0 aromatic rings. The van der Waals surface area contributed by atoms with Gasteiger partial charge in [-0.15, -0.1) is 0 Å². The third kappa shape index (κ3) is 4.75. The molecular weight excluding hydrogens is 554 g/mol. The fourth-order valence-electron chi connectivity index (χ4n) is 8.31. The second kappa shape index (κ2) is 11.7. The van der Waals surface area contributed by atoms with E-state index in [0.717, 1.165) is 12.5 Å². The number of fused-ring (bicyclic) bond motifs is 5. The Bertz CT molecular complexity index is 1170. The Morgan fingerprint density at radius 2 is 1.71 bits per heavy atom. The number of ketones is 2. The summed E-state index contributed by atoms with van der Waals surface area (Å²) in [5.74, 6) is -3.75. The lowest BCUT2D eigenvalue weighted by atomic mass is 9.44. The van der Waals surface area contributed by atoms with E-state index in [0.29, 0.717) is 12.8 Å². The van der Waals surface area contributed by atoms with Gasteiger partial charge in [0.25, 0.3) is 0 Å². The molecule has 4 aliphatic carbocycles. The van der Waals surface area contributed by atoms with Crippen LogP contribution in [-0.4, -0.2) is 72.3 Å². The second-order valence-corrected chi connectivity index (χ2v) is 12.6. The van der Waals surface area contributed by atoms with Crippen LogP contribution in [0.5, 0.6) is 0 Å². The number of rotatable bonds is 9. The van der Waals surface area contributed by atoms with E-state index >= 15 is 8.78 Å². The minimum Gasteiger partial charge on any atom is -0.434 e. The highest BCUT2D eigenvalue weighted by atomic mass is 19.1. The van der Waals surface area contributed by atoms with Gasteiger partial charge < -0.3 is 24.1 Å². The van der Waals surface area contributed by atoms with Crippen molar-refractivity contribution < 1.29 is 52.0 Å². The summed E-state index contributed by atoms with van der Waals surface area (Å²) in [5.41, 5.74) is -7.34. The van der Waals surface area contributed by atoms with Crippen molar-refractivity contribution in [3.63, 3.8) is 0 Å². The molecular formula is C31H42F2O9. The molecule has 42 heavy (non-hydrogen) atoms. The quantitative estimate of drug-likeness (QED) is 0.276.